The minimum atomic E-state index is -0.450. The van der Waals surface area contributed by atoms with Crippen LogP contribution >= 0.6 is 0 Å². The number of carbonyl (C=O) groups is 4. The van der Waals surface area contributed by atoms with Gasteiger partial charge in [-0.1, -0.05) is 0 Å². The van der Waals surface area contributed by atoms with Gasteiger partial charge < -0.3 is 15.4 Å². The lowest BCUT2D eigenvalue weighted by Crippen LogP contribution is -2.38. The van der Waals surface area contributed by atoms with Gasteiger partial charge in [-0.15, -0.1) is 0 Å². The monoisotopic (exact) mass is 357 g/mol. The number of piperidine rings is 1. The zero-order chi connectivity index (χ0) is 18.8. The van der Waals surface area contributed by atoms with Crippen LogP contribution < -0.4 is 10.6 Å². The number of primary amides is 1. The number of fused-ring (bicyclic) bond motifs is 1. The predicted octanol–water partition coefficient (Wildman–Crippen LogP) is 1.35. The molecule has 7 nitrogen and oxygen atoms in total. The Bertz CT molecular complexity index is 753. The summed E-state index contributed by atoms with van der Waals surface area (Å²) in [6.45, 7) is 3.25. The first-order valence-corrected chi connectivity index (χ1v) is 8.93. The standard InChI is InChI=1S/C19H23N3O4/c1-12(2-5-17(20)24)22-18(25)15-4-3-14(10-16(15)19(22)26)21-8-6-13(11-23)7-9-21/h3-4,10-13H,2,5-9H2,1H3,(H2,20,24). The van der Waals surface area contributed by atoms with Gasteiger partial charge in [-0.05, 0) is 44.4 Å². The Balaban J connectivity index is 1.77. The lowest BCUT2D eigenvalue weighted by molar-refractivity contribution is -0.118. The van der Waals surface area contributed by atoms with Crippen molar-refractivity contribution in [1.29, 1.82) is 0 Å². The lowest BCUT2D eigenvalue weighted by atomic mass is 9.97. The van der Waals surface area contributed by atoms with Crippen molar-refractivity contribution < 1.29 is 19.2 Å². The topological polar surface area (TPSA) is 101 Å². The SMILES string of the molecule is CC(CCC(N)=O)N1C(=O)c2ccc(N3CCC(C=O)CC3)cc2C1=O. The average Bonchev–Trinajstić information content (AvgIpc) is 2.90. The fourth-order valence-corrected chi connectivity index (χ4v) is 3.62. The number of aldehydes is 1. The number of anilines is 1. The number of imide groups is 1. The van der Waals surface area contributed by atoms with Gasteiger partial charge in [-0.3, -0.25) is 19.3 Å². The van der Waals surface area contributed by atoms with E-state index in [2.05, 4.69) is 4.90 Å². The van der Waals surface area contributed by atoms with Gasteiger partial charge in [0, 0.05) is 37.2 Å². The number of benzene rings is 1. The third kappa shape index (κ3) is 3.34. The quantitative estimate of drug-likeness (QED) is 0.612. The van der Waals surface area contributed by atoms with E-state index < -0.39 is 5.91 Å². The molecule has 2 heterocycles. The maximum Gasteiger partial charge on any atom is 0.261 e. The molecule has 1 fully saturated rings. The summed E-state index contributed by atoms with van der Waals surface area (Å²) in [4.78, 5) is 50.6. The van der Waals surface area contributed by atoms with Crippen molar-refractivity contribution in [3.63, 3.8) is 0 Å². The second-order valence-electron chi connectivity index (χ2n) is 7.02. The fourth-order valence-electron chi connectivity index (χ4n) is 3.62. The zero-order valence-electron chi connectivity index (χ0n) is 14.8. The van der Waals surface area contributed by atoms with E-state index in [1.54, 1.807) is 19.1 Å². The Hall–Kier alpha value is -2.70. The molecule has 3 amide bonds. The van der Waals surface area contributed by atoms with Crippen LogP contribution in [0.2, 0.25) is 0 Å². The molecular formula is C19H23N3O4. The minimum absolute atomic E-state index is 0.102. The molecule has 0 saturated carbocycles. The van der Waals surface area contributed by atoms with E-state index >= 15 is 0 Å². The third-order valence-electron chi connectivity index (χ3n) is 5.25. The van der Waals surface area contributed by atoms with Gasteiger partial charge in [-0.2, -0.15) is 0 Å². The summed E-state index contributed by atoms with van der Waals surface area (Å²) in [5, 5.41) is 0. The number of nitrogens with two attached hydrogens (primary N) is 1. The molecule has 7 heteroatoms. The van der Waals surface area contributed by atoms with Gasteiger partial charge in [0.25, 0.3) is 11.8 Å². The van der Waals surface area contributed by atoms with Gasteiger partial charge in [0.2, 0.25) is 5.91 Å². The Labute approximate surface area is 152 Å². The summed E-state index contributed by atoms with van der Waals surface area (Å²) in [6, 6.07) is 4.92. The number of carbonyl (C=O) groups excluding carboxylic acids is 4. The van der Waals surface area contributed by atoms with Crippen molar-refractivity contribution in [2.75, 3.05) is 18.0 Å². The Kier molecular flexibility index (Phi) is 5.06. The lowest BCUT2D eigenvalue weighted by Gasteiger charge is -2.31. The molecule has 26 heavy (non-hydrogen) atoms. The average molecular weight is 357 g/mol. The highest BCUT2D eigenvalue weighted by Gasteiger charge is 2.38. The van der Waals surface area contributed by atoms with Crippen LogP contribution in [0.4, 0.5) is 5.69 Å². The molecular weight excluding hydrogens is 334 g/mol. The van der Waals surface area contributed by atoms with Crippen molar-refractivity contribution in [2.24, 2.45) is 11.7 Å². The maximum absolute atomic E-state index is 12.8. The van der Waals surface area contributed by atoms with Crippen molar-refractivity contribution >= 4 is 29.7 Å². The normalized spacial score (nSPS) is 18.8. The molecule has 0 spiro atoms. The van der Waals surface area contributed by atoms with Gasteiger partial charge in [0.05, 0.1) is 11.1 Å². The highest BCUT2D eigenvalue weighted by molar-refractivity contribution is 6.22. The second-order valence-corrected chi connectivity index (χ2v) is 7.02. The molecule has 1 aromatic rings. The molecule has 0 aromatic heterocycles. The number of rotatable bonds is 6. The predicted molar refractivity (Wildman–Crippen MR) is 95.8 cm³/mol. The first-order valence-electron chi connectivity index (χ1n) is 8.93. The van der Waals surface area contributed by atoms with E-state index in [1.807, 2.05) is 6.07 Å². The van der Waals surface area contributed by atoms with Gasteiger partial charge in [0.1, 0.15) is 6.29 Å². The summed E-state index contributed by atoms with van der Waals surface area (Å²) in [5.74, 6) is -1.00. The van der Waals surface area contributed by atoms with Crippen LogP contribution in [-0.2, 0) is 9.59 Å². The number of amides is 3. The molecule has 0 aliphatic carbocycles. The summed E-state index contributed by atoms with van der Waals surface area (Å²) in [7, 11) is 0. The summed E-state index contributed by atoms with van der Waals surface area (Å²) in [5.41, 5.74) is 6.85. The zero-order valence-corrected chi connectivity index (χ0v) is 14.8. The summed E-state index contributed by atoms with van der Waals surface area (Å²) in [6.07, 6.45) is 3.08. The van der Waals surface area contributed by atoms with E-state index in [1.165, 1.54) is 4.90 Å². The maximum atomic E-state index is 12.8. The molecule has 138 valence electrons. The van der Waals surface area contributed by atoms with Crippen LogP contribution in [0.25, 0.3) is 0 Å². The first-order chi connectivity index (χ1) is 12.4. The van der Waals surface area contributed by atoms with Crippen LogP contribution in [0.15, 0.2) is 18.2 Å². The molecule has 1 atom stereocenters. The van der Waals surface area contributed by atoms with Gasteiger partial charge >= 0.3 is 0 Å². The van der Waals surface area contributed by atoms with E-state index in [9.17, 15) is 19.2 Å². The number of hydrogen-bond donors (Lipinski definition) is 1. The van der Waals surface area contributed by atoms with Crippen LogP contribution in [0, 0.1) is 5.92 Å². The largest absolute Gasteiger partial charge is 0.371 e. The van der Waals surface area contributed by atoms with Crippen LogP contribution in [0.1, 0.15) is 53.3 Å². The molecule has 1 unspecified atom stereocenters. The third-order valence-corrected chi connectivity index (χ3v) is 5.25. The molecule has 3 rings (SSSR count). The van der Waals surface area contributed by atoms with E-state index in [0.29, 0.717) is 17.5 Å². The van der Waals surface area contributed by atoms with Gasteiger partial charge in [-0.25, -0.2) is 0 Å². The van der Waals surface area contributed by atoms with E-state index in [4.69, 9.17) is 5.73 Å². The van der Waals surface area contributed by atoms with Crippen molar-refractivity contribution in [1.82, 2.24) is 4.90 Å². The second kappa shape index (κ2) is 7.27. The summed E-state index contributed by atoms with van der Waals surface area (Å²) >= 11 is 0. The smallest absolute Gasteiger partial charge is 0.261 e. The highest BCUT2D eigenvalue weighted by atomic mass is 16.2. The van der Waals surface area contributed by atoms with E-state index in [-0.39, 0.29) is 30.2 Å². The van der Waals surface area contributed by atoms with Crippen molar-refractivity contribution in [2.45, 2.75) is 38.6 Å². The first kappa shape index (κ1) is 18.1. The highest BCUT2D eigenvalue weighted by Crippen LogP contribution is 2.31. The molecule has 1 saturated heterocycles. The van der Waals surface area contributed by atoms with E-state index in [0.717, 1.165) is 37.9 Å². The molecule has 2 N–H and O–H groups in total. The van der Waals surface area contributed by atoms with Crippen LogP contribution in [-0.4, -0.2) is 48.0 Å². The molecule has 0 radical (unpaired) electrons. The number of hydrogen-bond acceptors (Lipinski definition) is 5. The van der Waals surface area contributed by atoms with Crippen molar-refractivity contribution in [3.8, 4) is 0 Å². The summed E-state index contributed by atoms with van der Waals surface area (Å²) < 4.78 is 0. The van der Waals surface area contributed by atoms with Crippen molar-refractivity contribution in [3.05, 3.63) is 29.3 Å². The Morgan fingerprint density at radius 1 is 1.23 bits per heavy atom. The Morgan fingerprint density at radius 3 is 2.50 bits per heavy atom. The number of nitrogens with zero attached hydrogens (tertiary/aromatic N) is 2. The minimum Gasteiger partial charge on any atom is -0.371 e. The molecule has 0 bridgehead atoms. The molecule has 2 aliphatic rings. The molecule has 2 aliphatic heterocycles. The Morgan fingerprint density at radius 2 is 1.88 bits per heavy atom. The van der Waals surface area contributed by atoms with Gasteiger partial charge in [0.15, 0.2) is 0 Å². The van der Waals surface area contributed by atoms with Crippen LogP contribution in [0.3, 0.4) is 0 Å². The van der Waals surface area contributed by atoms with Crippen LogP contribution in [0.5, 0.6) is 0 Å². The molecule has 1 aromatic carbocycles. The fraction of sp³-hybridized carbons (Fsp3) is 0.474.